The summed E-state index contributed by atoms with van der Waals surface area (Å²) in [5, 5.41) is 13.8. The van der Waals surface area contributed by atoms with Crippen LogP contribution in [0.5, 0.6) is 5.88 Å². The topological polar surface area (TPSA) is 135 Å². The lowest BCUT2D eigenvalue weighted by atomic mass is 10.0. The first-order chi connectivity index (χ1) is 25.0. The molecule has 1 aliphatic heterocycles. The van der Waals surface area contributed by atoms with E-state index in [0.29, 0.717) is 47.2 Å². The summed E-state index contributed by atoms with van der Waals surface area (Å²) in [4.78, 5) is 37.1. The van der Waals surface area contributed by atoms with E-state index in [1.807, 2.05) is 48.5 Å². The Morgan fingerprint density at radius 3 is 2.37 bits per heavy atom. The van der Waals surface area contributed by atoms with Gasteiger partial charge in [-0.2, -0.15) is 9.61 Å². The lowest BCUT2D eigenvalue weighted by molar-refractivity contribution is 0.0948. The van der Waals surface area contributed by atoms with Crippen molar-refractivity contribution in [1.82, 2.24) is 24.9 Å². The van der Waals surface area contributed by atoms with E-state index in [1.54, 1.807) is 23.6 Å². The van der Waals surface area contributed by atoms with Gasteiger partial charge in [0.05, 0.1) is 31.1 Å². The van der Waals surface area contributed by atoms with Gasteiger partial charge < -0.3 is 25.0 Å². The largest absolute Gasteiger partial charge is 0.476 e. The van der Waals surface area contributed by atoms with Crippen LogP contribution in [-0.4, -0.2) is 51.3 Å². The molecule has 0 radical (unpaired) electrons. The maximum absolute atomic E-state index is 14.5. The van der Waals surface area contributed by atoms with Gasteiger partial charge in [-0.3, -0.25) is 10.1 Å². The Bertz CT molecular complexity index is 2120. The van der Waals surface area contributed by atoms with Gasteiger partial charge in [0.1, 0.15) is 29.6 Å². The SMILES string of the molecule is CCOC(=O)Nc1ccc(-c2c3nc4c(cnn4c2N(Cc2ccccc2)Cc2ccccc2)C(=O)NCCOc2ncc(F)cc2CN3)cc1. The van der Waals surface area contributed by atoms with Crippen LogP contribution in [0.2, 0.25) is 0 Å². The molecular weight excluding hydrogens is 651 g/mol. The second-order valence-electron chi connectivity index (χ2n) is 11.8. The standard InChI is InChI=1S/C38H35FN8O4/c1-2-50-38(49)44-30-15-13-27(14-16-30)32-33-41-20-28-19-29(39)21-42-36(28)51-18-17-40-35(48)31-22-43-47(34(31)45-33)37(32)46(23-25-9-5-3-6-10-25)24-26-11-7-4-8-12-26/h3-16,19,21-22H,2,17-18,20,23-24H2,1H3,(H,40,48)(H,41,45)(H,44,49). The average molecular weight is 687 g/mol. The van der Waals surface area contributed by atoms with Crippen molar-refractivity contribution in [1.29, 1.82) is 0 Å². The molecule has 6 aromatic rings. The highest BCUT2D eigenvalue weighted by Crippen LogP contribution is 2.40. The first-order valence-corrected chi connectivity index (χ1v) is 16.5. The van der Waals surface area contributed by atoms with Crippen molar-refractivity contribution in [3.63, 3.8) is 0 Å². The molecule has 0 spiro atoms. The zero-order valence-electron chi connectivity index (χ0n) is 27.8. The molecule has 0 unspecified atom stereocenters. The minimum Gasteiger partial charge on any atom is -0.476 e. The third-order valence-corrected chi connectivity index (χ3v) is 8.26. The van der Waals surface area contributed by atoms with Crippen LogP contribution in [0, 0.1) is 5.82 Å². The van der Waals surface area contributed by atoms with Crippen molar-refractivity contribution in [3.05, 3.63) is 131 Å². The summed E-state index contributed by atoms with van der Waals surface area (Å²) in [5.41, 5.74) is 5.13. The lowest BCUT2D eigenvalue weighted by Crippen LogP contribution is -2.28. The number of ether oxygens (including phenoxy) is 2. The quantitative estimate of drug-likeness (QED) is 0.165. The fourth-order valence-corrected chi connectivity index (χ4v) is 5.95. The van der Waals surface area contributed by atoms with Gasteiger partial charge in [0, 0.05) is 30.9 Å². The number of anilines is 3. The van der Waals surface area contributed by atoms with Crippen LogP contribution in [-0.2, 0) is 24.4 Å². The van der Waals surface area contributed by atoms with E-state index in [0.717, 1.165) is 22.9 Å². The van der Waals surface area contributed by atoms with E-state index in [1.165, 1.54) is 12.3 Å². The molecule has 13 heteroatoms. The molecule has 0 aliphatic carbocycles. The summed E-state index contributed by atoms with van der Waals surface area (Å²) in [7, 11) is 0. The Morgan fingerprint density at radius 2 is 1.69 bits per heavy atom. The fraction of sp³-hybridized carbons (Fsp3) is 0.184. The number of hydrogen-bond donors (Lipinski definition) is 3. The number of carbonyl (C=O) groups is 2. The maximum Gasteiger partial charge on any atom is 0.411 e. The van der Waals surface area contributed by atoms with Crippen LogP contribution in [0.15, 0.2) is 103 Å². The Balaban J connectivity index is 1.46. The van der Waals surface area contributed by atoms with Gasteiger partial charge in [-0.25, -0.2) is 19.2 Å². The molecule has 0 fully saturated rings. The molecule has 4 heterocycles. The molecule has 3 aromatic carbocycles. The fourth-order valence-electron chi connectivity index (χ4n) is 5.95. The Morgan fingerprint density at radius 1 is 0.980 bits per heavy atom. The van der Waals surface area contributed by atoms with Crippen molar-refractivity contribution in [3.8, 4) is 17.0 Å². The van der Waals surface area contributed by atoms with Crippen LogP contribution in [0.25, 0.3) is 16.8 Å². The van der Waals surface area contributed by atoms with E-state index < -0.39 is 11.9 Å². The first-order valence-electron chi connectivity index (χ1n) is 16.5. The smallest absolute Gasteiger partial charge is 0.411 e. The van der Waals surface area contributed by atoms with Crippen molar-refractivity contribution in [2.24, 2.45) is 0 Å². The Kier molecular flexibility index (Phi) is 9.68. The molecule has 258 valence electrons. The third-order valence-electron chi connectivity index (χ3n) is 8.26. The number of fused-ring (bicyclic) bond motifs is 2. The second-order valence-corrected chi connectivity index (χ2v) is 11.8. The number of nitrogens with one attached hydrogen (secondary N) is 3. The lowest BCUT2D eigenvalue weighted by Gasteiger charge is -2.29. The van der Waals surface area contributed by atoms with Gasteiger partial charge in [-0.1, -0.05) is 72.8 Å². The number of pyridine rings is 1. The highest BCUT2D eigenvalue weighted by atomic mass is 19.1. The van der Waals surface area contributed by atoms with Gasteiger partial charge >= 0.3 is 6.09 Å². The number of benzene rings is 3. The van der Waals surface area contributed by atoms with Gasteiger partial charge in [-0.15, -0.1) is 0 Å². The zero-order valence-corrected chi connectivity index (χ0v) is 27.8. The average Bonchev–Trinajstić information content (AvgIpc) is 3.57. The van der Waals surface area contributed by atoms with Gasteiger partial charge in [0.25, 0.3) is 5.91 Å². The zero-order chi connectivity index (χ0) is 35.2. The van der Waals surface area contributed by atoms with Crippen molar-refractivity contribution < 1.29 is 23.5 Å². The second kappa shape index (κ2) is 14.9. The molecule has 7 rings (SSSR count). The molecule has 51 heavy (non-hydrogen) atoms. The highest BCUT2D eigenvalue weighted by molar-refractivity contribution is 6.01. The number of halogens is 1. The van der Waals surface area contributed by atoms with Crippen LogP contribution >= 0.6 is 0 Å². The van der Waals surface area contributed by atoms with Crippen LogP contribution in [0.3, 0.4) is 0 Å². The molecule has 0 atom stereocenters. The number of hydrogen-bond acceptors (Lipinski definition) is 9. The number of nitrogens with zero attached hydrogens (tertiary/aromatic N) is 5. The predicted octanol–water partition coefficient (Wildman–Crippen LogP) is 6.44. The van der Waals surface area contributed by atoms with E-state index >= 15 is 0 Å². The molecule has 0 saturated carbocycles. The molecule has 3 aromatic heterocycles. The summed E-state index contributed by atoms with van der Waals surface area (Å²) in [5.74, 6) is 0.431. The van der Waals surface area contributed by atoms with Crippen molar-refractivity contribution in [2.75, 3.05) is 35.3 Å². The molecule has 3 N–H and O–H groups in total. The number of rotatable bonds is 8. The number of carbonyl (C=O) groups excluding carboxylic acids is 2. The monoisotopic (exact) mass is 686 g/mol. The Labute approximate surface area is 293 Å². The van der Waals surface area contributed by atoms with E-state index in [4.69, 9.17) is 19.6 Å². The summed E-state index contributed by atoms with van der Waals surface area (Å²) in [6.07, 6.45) is 2.05. The molecule has 0 saturated heterocycles. The minimum absolute atomic E-state index is 0.112. The summed E-state index contributed by atoms with van der Waals surface area (Å²) in [6.45, 7) is 3.36. The minimum atomic E-state index is -0.560. The molecule has 12 nitrogen and oxygen atoms in total. The first kappa shape index (κ1) is 33.0. The summed E-state index contributed by atoms with van der Waals surface area (Å²) >= 11 is 0. The van der Waals surface area contributed by atoms with Crippen LogP contribution in [0.1, 0.15) is 34.0 Å². The molecule has 2 bridgehead atoms. The van der Waals surface area contributed by atoms with Crippen molar-refractivity contribution >= 4 is 35.0 Å². The Hall–Kier alpha value is -6.50. The third kappa shape index (κ3) is 7.42. The maximum atomic E-state index is 14.5. The normalized spacial score (nSPS) is 12.7. The summed E-state index contributed by atoms with van der Waals surface area (Å²) in [6, 6.07) is 28.8. The van der Waals surface area contributed by atoms with E-state index in [9.17, 15) is 14.0 Å². The predicted molar refractivity (Wildman–Crippen MR) is 191 cm³/mol. The summed E-state index contributed by atoms with van der Waals surface area (Å²) < 4.78 is 27.1. The number of amides is 2. The van der Waals surface area contributed by atoms with Crippen LogP contribution < -0.4 is 25.6 Å². The van der Waals surface area contributed by atoms with Crippen molar-refractivity contribution in [2.45, 2.75) is 26.6 Å². The van der Waals surface area contributed by atoms with Crippen LogP contribution in [0.4, 0.5) is 26.5 Å². The highest BCUT2D eigenvalue weighted by Gasteiger charge is 2.27. The molecular formula is C38H35FN8O4. The van der Waals surface area contributed by atoms with Gasteiger partial charge in [-0.05, 0) is 41.8 Å². The van der Waals surface area contributed by atoms with E-state index in [2.05, 4.69) is 50.1 Å². The molecule has 1 aliphatic rings. The number of aromatic nitrogens is 4. The van der Waals surface area contributed by atoms with Gasteiger partial charge in [0.15, 0.2) is 5.65 Å². The van der Waals surface area contributed by atoms with E-state index in [-0.39, 0.29) is 43.7 Å². The van der Waals surface area contributed by atoms with Gasteiger partial charge in [0.2, 0.25) is 5.88 Å². The molecule has 2 amide bonds.